The summed E-state index contributed by atoms with van der Waals surface area (Å²) in [5, 5.41) is 8.62. The number of rotatable bonds is 9. The molecular weight excluding hydrogens is 409 g/mol. The molecule has 0 N–H and O–H groups in total. The minimum atomic E-state index is -0.316. The molecule has 0 spiro atoms. The van der Waals surface area contributed by atoms with E-state index in [-0.39, 0.29) is 24.3 Å². The van der Waals surface area contributed by atoms with Gasteiger partial charge in [0.05, 0.1) is 23.7 Å². The van der Waals surface area contributed by atoms with E-state index in [0.717, 1.165) is 0 Å². The van der Waals surface area contributed by atoms with Crippen molar-refractivity contribution in [3.05, 3.63) is 65.3 Å². The number of carbonyl (C=O) groups excluding carboxylic acids is 1. The van der Waals surface area contributed by atoms with Crippen molar-refractivity contribution in [1.82, 2.24) is 15.1 Å². The molecule has 6 nitrogen and oxygen atoms in total. The molecule has 1 amide bonds. The van der Waals surface area contributed by atoms with Crippen LogP contribution >= 0.6 is 11.6 Å². The van der Waals surface area contributed by atoms with Crippen molar-refractivity contribution in [2.24, 2.45) is 0 Å². The van der Waals surface area contributed by atoms with Gasteiger partial charge in [-0.2, -0.15) is 0 Å². The van der Waals surface area contributed by atoms with E-state index >= 15 is 0 Å². The molecule has 0 saturated heterocycles. The minimum absolute atomic E-state index is 0.0359. The van der Waals surface area contributed by atoms with E-state index in [9.17, 15) is 9.18 Å². The Morgan fingerprint density at radius 1 is 1.17 bits per heavy atom. The molecule has 0 aliphatic heterocycles. The normalized spacial score (nSPS) is 11.0. The molecule has 0 radical (unpaired) electrons. The Labute approximate surface area is 179 Å². The van der Waals surface area contributed by atoms with E-state index in [1.807, 2.05) is 26.0 Å². The Hall–Kier alpha value is -2.93. The standard InChI is InChI=1S/C22H23ClFN3O3/c1-15(2)27(21(28)8-5-13-29-17-11-9-16(24)10-12-17)14-20-25-26-22(30-20)18-6-3-4-7-19(18)23/h3-4,6-7,9-12,15H,5,8,13-14H2,1-2H3. The Kier molecular flexibility index (Phi) is 7.41. The van der Waals surface area contributed by atoms with Gasteiger partial charge in [0.2, 0.25) is 17.7 Å². The lowest BCUT2D eigenvalue weighted by molar-refractivity contribution is -0.134. The zero-order chi connectivity index (χ0) is 21.5. The van der Waals surface area contributed by atoms with Crippen LogP contribution in [0.2, 0.25) is 5.02 Å². The largest absolute Gasteiger partial charge is 0.494 e. The van der Waals surface area contributed by atoms with Crippen molar-refractivity contribution < 1.29 is 18.3 Å². The third-order valence-corrected chi connectivity index (χ3v) is 4.77. The Bertz CT molecular complexity index is 976. The molecule has 3 rings (SSSR count). The van der Waals surface area contributed by atoms with Crippen LogP contribution in [0.5, 0.6) is 5.75 Å². The number of nitrogens with zero attached hydrogens (tertiary/aromatic N) is 3. The number of halogens is 2. The highest BCUT2D eigenvalue weighted by Gasteiger charge is 2.21. The average Bonchev–Trinajstić information content (AvgIpc) is 3.19. The lowest BCUT2D eigenvalue weighted by Gasteiger charge is -2.25. The number of amides is 1. The van der Waals surface area contributed by atoms with Crippen LogP contribution in [-0.2, 0) is 11.3 Å². The molecule has 2 aromatic carbocycles. The number of benzene rings is 2. The predicted molar refractivity (Wildman–Crippen MR) is 112 cm³/mol. The van der Waals surface area contributed by atoms with Gasteiger partial charge < -0.3 is 14.1 Å². The van der Waals surface area contributed by atoms with Crippen molar-refractivity contribution in [2.75, 3.05) is 6.61 Å². The molecule has 1 heterocycles. The first-order chi connectivity index (χ1) is 14.4. The zero-order valence-corrected chi connectivity index (χ0v) is 17.6. The lowest BCUT2D eigenvalue weighted by Crippen LogP contribution is -2.36. The van der Waals surface area contributed by atoms with Gasteiger partial charge in [0, 0.05) is 12.5 Å². The van der Waals surface area contributed by atoms with E-state index in [0.29, 0.717) is 47.6 Å². The Balaban J connectivity index is 1.54. The molecule has 0 unspecified atom stereocenters. The summed E-state index contributed by atoms with van der Waals surface area (Å²) >= 11 is 6.17. The van der Waals surface area contributed by atoms with Gasteiger partial charge in [-0.15, -0.1) is 10.2 Å². The van der Waals surface area contributed by atoms with Crippen LogP contribution in [0.4, 0.5) is 4.39 Å². The first kappa shape index (κ1) is 21.8. The van der Waals surface area contributed by atoms with Gasteiger partial charge in [0.25, 0.3) is 0 Å². The van der Waals surface area contributed by atoms with Crippen molar-refractivity contribution >= 4 is 17.5 Å². The maximum atomic E-state index is 12.9. The molecule has 0 aliphatic rings. The van der Waals surface area contributed by atoms with Crippen molar-refractivity contribution in [2.45, 2.75) is 39.3 Å². The molecule has 3 aromatic rings. The smallest absolute Gasteiger partial charge is 0.249 e. The molecule has 0 atom stereocenters. The summed E-state index contributed by atoms with van der Waals surface area (Å²) in [6.07, 6.45) is 0.846. The maximum Gasteiger partial charge on any atom is 0.249 e. The molecule has 0 bridgehead atoms. The number of hydrogen-bond acceptors (Lipinski definition) is 5. The molecule has 0 aliphatic carbocycles. The number of aromatic nitrogens is 2. The van der Waals surface area contributed by atoms with E-state index in [2.05, 4.69) is 10.2 Å². The summed E-state index contributed by atoms with van der Waals surface area (Å²) in [6.45, 7) is 4.43. The van der Waals surface area contributed by atoms with E-state index < -0.39 is 0 Å². The SMILES string of the molecule is CC(C)N(Cc1nnc(-c2ccccc2Cl)o1)C(=O)CCCOc1ccc(F)cc1. The first-order valence-corrected chi connectivity index (χ1v) is 10.1. The second kappa shape index (κ2) is 10.2. The molecule has 8 heteroatoms. The monoisotopic (exact) mass is 431 g/mol. The van der Waals surface area contributed by atoms with Crippen LogP contribution in [0, 0.1) is 5.82 Å². The summed E-state index contributed by atoms with van der Waals surface area (Å²) in [6, 6.07) is 13.0. The van der Waals surface area contributed by atoms with Gasteiger partial charge in [0.1, 0.15) is 11.6 Å². The fraction of sp³-hybridized carbons (Fsp3) is 0.318. The van der Waals surface area contributed by atoms with Crippen molar-refractivity contribution in [3.63, 3.8) is 0 Å². The third kappa shape index (κ3) is 5.79. The third-order valence-electron chi connectivity index (χ3n) is 4.44. The highest BCUT2D eigenvalue weighted by molar-refractivity contribution is 6.33. The molecule has 158 valence electrons. The first-order valence-electron chi connectivity index (χ1n) is 9.69. The van der Waals surface area contributed by atoms with Gasteiger partial charge in [-0.05, 0) is 56.7 Å². The second-order valence-electron chi connectivity index (χ2n) is 7.00. The van der Waals surface area contributed by atoms with Gasteiger partial charge in [-0.1, -0.05) is 23.7 Å². The Morgan fingerprint density at radius 2 is 1.90 bits per heavy atom. The summed E-state index contributed by atoms with van der Waals surface area (Å²) < 4.78 is 24.2. The van der Waals surface area contributed by atoms with Crippen molar-refractivity contribution in [3.8, 4) is 17.2 Å². The number of ether oxygens (including phenoxy) is 1. The van der Waals surface area contributed by atoms with E-state index in [4.69, 9.17) is 20.8 Å². The molecule has 30 heavy (non-hydrogen) atoms. The van der Waals surface area contributed by atoms with E-state index in [1.165, 1.54) is 12.1 Å². The van der Waals surface area contributed by atoms with E-state index in [1.54, 1.807) is 29.2 Å². The molecule has 0 fully saturated rings. The van der Waals surface area contributed by atoms with Crippen LogP contribution in [0.25, 0.3) is 11.5 Å². The Morgan fingerprint density at radius 3 is 2.60 bits per heavy atom. The maximum absolute atomic E-state index is 12.9. The lowest BCUT2D eigenvalue weighted by atomic mass is 10.2. The predicted octanol–water partition coefficient (Wildman–Crippen LogP) is 5.13. The quantitative estimate of drug-likeness (QED) is 0.439. The highest BCUT2D eigenvalue weighted by atomic mass is 35.5. The molecule has 0 saturated carbocycles. The highest BCUT2D eigenvalue weighted by Crippen LogP contribution is 2.26. The zero-order valence-electron chi connectivity index (χ0n) is 16.8. The van der Waals surface area contributed by atoms with Gasteiger partial charge in [0.15, 0.2) is 0 Å². The van der Waals surface area contributed by atoms with Crippen LogP contribution in [-0.4, -0.2) is 33.7 Å². The van der Waals surface area contributed by atoms with Crippen LogP contribution in [0.3, 0.4) is 0 Å². The van der Waals surface area contributed by atoms with Gasteiger partial charge >= 0.3 is 0 Å². The summed E-state index contributed by atoms with van der Waals surface area (Å²) in [5.74, 6) is 0.880. The van der Waals surface area contributed by atoms with Gasteiger partial charge in [-0.25, -0.2) is 4.39 Å². The minimum Gasteiger partial charge on any atom is -0.494 e. The second-order valence-corrected chi connectivity index (χ2v) is 7.41. The van der Waals surface area contributed by atoms with Crippen LogP contribution in [0.15, 0.2) is 52.9 Å². The summed E-state index contributed by atoms with van der Waals surface area (Å²) in [5.41, 5.74) is 0.651. The molecular formula is C22H23ClFN3O3. The van der Waals surface area contributed by atoms with Crippen molar-refractivity contribution in [1.29, 1.82) is 0 Å². The van der Waals surface area contributed by atoms with Gasteiger partial charge in [-0.3, -0.25) is 4.79 Å². The van der Waals surface area contributed by atoms with Crippen LogP contribution < -0.4 is 4.74 Å². The summed E-state index contributed by atoms with van der Waals surface area (Å²) in [7, 11) is 0. The summed E-state index contributed by atoms with van der Waals surface area (Å²) in [4.78, 5) is 14.4. The fourth-order valence-electron chi connectivity index (χ4n) is 2.85. The number of carbonyl (C=O) groups is 1. The fourth-order valence-corrected chi connectivity index (χ4v) is 3.07. The van der Waals surface area contributed by atoms with Crippen LogP contribution in [0.1, 0.15) is 32.6 Å². The molecule has 1 aromatic heterocycles. The number of hydrogen-bond donors (Lipinski definition) is 0. The average molecular weight is 432 g/mol. The topological polar surface area (TPSA) is 68.5 Å².